The summed E-state index contributed by atoms with van der Waals surface area (Å²) in [5, 5.41) is 10.6. The second-order valence-corrected chi connectivity index (χ2v) is 10.3. The van der Waals surface area contributed by atoms with Crippen LogP contribution >= 0.6 is 0 Å². The van der Waals surface area contributed by atoms with Gasteiger partial charge in [0.2, 0.25) is 0 Å². The third-order valence-electron chi connectivity index (χ3n) is 5.94. The second-order valence-electron chi connectivity index (χ2n) is 10.3. The van der Waals surface area contributed by atoms with E-state index in [1.165, 1.54) is 56.7 Å². The van der Waals surface area contributed by atoms with Gasteiger partial charge in [-0.15, -0.1) is 0 Å². The number of hydrogen-bond acceptors (Lipinski definition) is 9. The lowest BCUT2D eigenvalue weighted by Gasteiger charge is -2.33. The third-order valence-corrected chi connectivity index (χ3v) is 5.94. The van der Waals surface area contributed by atoms with Crippen LogP contribution in [0.1, 0.15) is 34.1 Å². The molecule has 0 unspecified atom stereocenters. The zero-order valence-corrected chi connectivity index (χ0v) is 23.2. The standard InChI is InChI=1S/C27H30F2N8O4/c1-15(24(38)33-19-13-17(19)29)22-34-20(14-21(37(22)30-5)35(6)26(40)41-27(2,3)4)32-18-10-8-12-36(25(18)39)23-16(28)9-7-11-31-23/h7-12,14,17,19H,5,13H2,1-4,6H3,(H,32,34)(H,33,38)/b22-15+/t17-,19+/m0/s1. The van der Waals surface area contributed by atoms with Gasteiger partial charge in [-0.05, 0) is 52.0 Å². The van der Waals surface area contributed by atoms with Crippen LogP contribution in [0.5, 0.6) is 0 Å². The van der Waals surface area contributed by atoms with Crippen LogP contribution < -0.4 is 16.2 Å². The van der Waals surface area contributed by atoms with E-state index in [-0.39, 0.29) is 41.0 Å². The first kappa shape index (κ1) is 29.1. The Hall–Kier alpha value is -4.88. The van der Waals surface area contributed by atoms with Crippen LogP contribution in [-0.4, -0.2) is 68.9 Å². The molecule has 1 aliphatic heterocycles. The maximum Gasteiger partial charge on any atom is 0.415 e. The highest BCUT2D eigenvalue weighted by atomic mass is 19.1. The van der Waals surface area contributed by atoms with Crippen molar-refractivity contribution < 1.29 is 23.1 Å². The molecule has 12 nitrogen and oxygen atoms in total. The van der Waals surface area contributed by atoms with Gasteiger partial charge in [0, 0.05) is 38.7 Å². The molecule has 1 aliphatic carbocycles. The van der Waals surface area contributed by atoms with E-state index in [0.29, 0.717) is 0 Å². The Morgan fingerprint density at radius 2 is 1.98 bits per heavy atom. The maximum absolute atomic E-state index is 14.4. The molecule has 0 saturated heterocycles. The van der Waals surface area contributed by atoms with E-state index in [9.17, 15) is 23.2 Å². The number of amides is 2. The van der Waals surface area contributed by atoms with Crippen molar-refractivity contribution in [1.82, 2.24) is 24.8 Å². The van der Waals surface area contributed by atoms with E-state index in [1.807, 2.05) is 0 Å². The number of nitrogens with zero attached hydrogens (tertiary/aromatic N) is 6. The van der Waals surface area contributed by atoms with Crippen LogP contribution in [0.2, 0.25) is 0 Å². The number of aliphatic imine (C=N–C) groups is 1. The van der Waals surface area contributed by atoms with E-state index in [1.54, 1.807) is 20.8 Å². The largest absolute Gasteiger partial charge is 0.443 e. The van der Waals surface area contributed by atoms with Gasteiger partial charge in [0.25, 0.3) is 11.5 Å². The third kappa shape index (κ3) is 6.48. The van der Waals surface area contributed by atoms with Crippen LogP contribution in [0, 0.1) is 5.82 Å². The molecule has 4 rings (SSSR count). The van der Waals surface area contributed by atoms with Crippen molar-refractivity contribution in [3.8, 4) is 5.82 Å². The lowest BCUT2D eigenvalue weighted by atomic mass is 10.2. The minimum absolute atomic E-state index is 0.00783. The molecule has 2 amide bonds. The van der Waals surface area contributed by atoms with Crippen LogP contribution in [0.15, 0.2) is 74.8 Å². The highest BCUT2D eigenvalue weighted by Gasteiger charge is 2.39. The van der Waals surface area contributed by atoms with Crippen molar-refractivity contribution in [1.29, 1.82) is 0 Å². The Balaban J connectivity index is 1.78. The van der Waals surface area contributed by atoms with Crippen LogP contribution in [0.3, 0.4) is 0 Å². The molecule has 3 heterocycles. The van der Waals surface area contributed by atoms with E-state index in [2.05, 4.69) is 32.4 Å². The fraction of sp³-hybridized carbons (Fsp3) is 0.333. The number of nitrogens with one attached hydrogen (secondary N) is 2. The first-order valence-electron chi connectivity index (χ1n) is 12.6. The van der Waals surface area contributed by atoms with Crippen molar-refractivity contribution in [2.24, 2.45) is 10.1 Å². The smallest absolute Gasteiger partial charge is 0.415 e. The Labute approximate surface area is 234 Å². The van der Waals surface area contributed by atoms with Gasteiger partial charge in [0.05, 0.1) is 11.6 Å². The number of pyridine rings is 2. The number of carbonyl (C=O) groups is 2. The molecule has 41 heavy (non-hydrogen) atoms. The molecule has 2 N–H and O–H groups in total. The summed E-state index contributed by atoms with van der Waals surface area (Å²) < 4.78 is 34.3. The predicted molar refractivity (Wildman–Crippen MR) is 148 cm³/mol. The Morgan fingerprint density at radius 3 is 2.59 bits per heavy atom. The number of carbonyl (C=O) groups excluding carboxylic acids is 2. The molecule has 0 radical (unpaired) electrons. The maximum atomic E-state index is 14.4. The molecular formula is C27H30F2N8O4. The van der Waals surface area contributed by atoms with Crippen molar-refractivity contribution in [3.05, 3.63) is 76.1 Å². The molecule has 216 valence electrons. The lowest BCUT2D eigenvalue weighted by molar-refractivity contribution is -0.117. The summed E-state index contributed by atoms with van der Waals surface area (Å²) >= 11 is 0. The number of amidine groups is 1. The average Bonchev–Trinajstić information content (AvgIpc) is 3.61. The minimum Gasteiger partial charge on any atom is -0.443 e. The first-order valence-corrected chi connectivity index (χ1v) is 12.6. The first-order chi connectivity index (χ1) is 19.3. The van der Waals surface area contributed by atoms with Gasteiger partial charge in [-0.3, -0.25) is 19.1 Å². The fourth-order valence-electron chi connectivity index (χ4n) is 3.73. The summed E-state index contributed by atoms with van der Waals surface area (Å²) in [6, 6.07) is 4.93. The molecule has 0 spiro atoms. The van der Waals surface area contributed by atoms with Gasteiger partial charge in [-0.2, -0.15) is 10.1 Å². The van der Waals surface area contributed by atoms with Gasteiger partial charge in [-0.1, -0.05) is 0 Å². The number of anilines is 1. The number of hydrogen-bond donors (Lipinski definition) is 2. The van der Waals surface area contributed by atoms with Crippen molar-refractivity contribution in [2.45, 2.75) is 51.9 Å². The zero-order valence-electron chi connectivity index (χ0n) is 23.2. The Kier molecular flexibility index (Phi) is 8.03. The van der Waals surface area contributed by atoms with E-state index in [0.717, 1.165) is 14.5 Å². The molecule has 2 aliphatic rings. The SMILES string of the molecule is C=NN1C(N(C)C(=O)OC(C)(C)C)=CC(Nc2cccn(-c3ncccc3F)c2=O)=N/C1=C(/C)C(=O)N[C@@H]1C[C@@H]1F. The molecule has 14 heteroatoms. The van der Waals surface area contributed by atoms with Gasteiger partial charge < -0.3 is 15.4 Å². The summed E-state index contributed by atoms with van der Waals surface area (Å²) in [6.45, 7) is 10.1. The van der Waals surface area contributed by atoms with E-state index < -0.39 is 41.2 Å². The average molecular weight is 569 g/mol. The Morgan fingerprint density at radius 1 is 1.27 bits per heavy atom. The predicted octanol–water partition coefficient (Wildman–Crippen LogP) is 3.28. The van der Waals surface area contributed by atoms with Crippen LogP contribution in [-0.2, 0) is 9.53 Å². The molecule has 0 bridgehead atoms. The highest BCUT2D eigenvalue weighted by Crippen LogP contribution is 2.29. The number of aromatic nitrogens is 2. The number of rotatable bonds is 6. The minimum atomic E-state index is -1.13. The second kappa shape index (κ2) is 11.3. The summed E-state index contributed by atoms with van der Waals surface area (Å²) in [6.07, 6.45) is 2.44. The van der Waals surface area contributed by atoms with Crippen molar-refractivity contribution in [3.63, 3.8) is 0 Å². The molecule has 1 saturated carbocycles. The molecule has 0 aromatic carbocycles. The summed E-state index contributed by atoms with van der Waals surface area (Å²) in [4.78, 5) is 48.7. The molecular weight excluding hydrogens is 538 g/mol. The van der Waals surface area contributed by atoms with E-state index >= 15 is 0 Å². The van der Waals surface area contributed by atoms with Crippen LogP contribution in [0.4, 0.5) is 19.3 Å². The number of alkyl halides is 1. The van der Waals surface area contributed by atoms with E-state index in [4.69, 9.17) is 4.74 Å². The van der Waals surface area contributed by atoms with Gasteiger partial charge in [-0.25, -0.2) is 23.6 Å². The monoisotopic (exact) mass is 568 g/mol. The molecule has 2 atom stereocenters. The summed E-state index contributed by atoms with van der Waals surface area (Å²) in [7, 11) is 1.42. The number of ether oxygens (including phenoxy) is 1. The fourth-order valence-corrected chi connectivity index (χ4v) is 3.73. The normalized spacial score (nSPS) is 19.4. The van der Waals surface area contributed by atoms with Gasteiger partial charge in [0.1, 0.15) is 29.1 Å². The summed E-state index contributed by atoms with van der Waals surface area (Å²) in [5.74, 6) is -1.44. The molecule has 1 fully saturated rings. The highest BCUT2D eigenvalue weighted by molar-refractivity contribution is 6.06. The van der Waals surface area contributed by atoms with Gasteiger partial charge in [0.15, 0.2) is 17.5 Å². The van der Waals surface area contributed by atoms with Crippen molar-refractivity contribution in [2.75, 3.05) is 12.4 Å². The molecule has 2 aromatic rings. The zero-order chi connectivity index (χ0) is 30.1. The molecule has 2 aromatic heterocycles. The quantitative estimate of drug-likeness (QED) is 0.404. The van der Waals surface area contributed by atoms with Crippen LogP contribution in [0.25, 0.3) is 5.82 Å². The van der Waals surface area contributed by atoms with Gasteiger partial charge >= 0.3 is 6.09 Å². The summed E-state index contributed by atoms with van der Waals surface area (Å²) in [5.41, 5.74) is -1.43. The number of halogens is 2. The Bertz CT molecular complexity index is 1540. The number of hydrazone groups is 1. The lowest BCUT2D eigenvalue weighted by Crippen LogP contribution is -2.41. The van der Waals surface area contributed by atoms with Crippen molar-refractivity contribution >= 4 is 30.2 Å². The topological polar surface area (TPSA) is 134 Å².